The number of hydrogen-bond donors (Lipinski definition) is 1. The molecule has 1 aliphatic heterocycles. The summed E-state index contributed by atoms with van der Waals surface area (Å²) in [7, 11) is 0.0534. The number of hydrogen-bond acceptors (Lipinski definition) is 5. The number of carbonyl (C=O) groups is 1. The van der Waals surface area contributed by atoms with Gasteiger partial charge in [0.25, 0.3) is 10.0 Å². The number of thiophene rings is 1. The Balaban J connectivity index is 2.06. The molecule has 8 heteroatoms. The van der Waals surface area contributed by atoms with Crippen molar-refractivity contribution in [3.05, 3.63) is 46.2 Å². The third-order valence-electron chi connectivity index (χ3n) is 4.20. The lowest BCUT2D eigenvalue weighted by molar-refractivity contribution is 0.0702. The predicted octanol–water partition coefficient (Wildman–Crippen LogP) is 2.13. The molecule has 0 saturated heterocycles. The van der Waals surface area contributed by atoms with Gasteiger partial charge in [0.1, 0.15) is 4.88 Å². The first-order valence-electron chi connectivity index (χ1n) is 7.39. The number of carboxylic acid groups (broad SMARTS) is 1. The van der Waals surface area contributed by atoms with Gasteiger partial charge in [-0.05, 0) is 38.2 Å². The quantitative estimate of drug-likeness (QED) is 0.897. The highest BCUT2D eigenvalue weighted by atomic mass is 32.2. The first kappa shape index (κ1) is 16.9. The number of fused-ring (bicyclic) bond motifs is 1. The van der Waals surface area contributed by atoms with Crippen LogP contribution in [-0.4, -0.2) is 51.1 Å². The minimum atomic E-state index is -3.80. The molecule has 24 heavy (non-hydrogen) atoms. The highest BCUT2D eigenvalue weighted by Gasteiger charge is 2.34. The molecule has 1 aromatic carbocycles. The predicted molar refractivity (Wildman–Crippen MR) is 93.4 cm³/mol. The van der Waals surface area contributed by atoms with Crippen molar-refractivity contribution in [2.45, 2.75) is 17.4 Å². The van der Waals surface area contributed by atoms with Gasteiger partial charge in [-0.2, -0.15) is 0 Å². The van der Waals surface area contributed by atoms with Crippen LogP contribution < -0.4 is 4.31 Å². The van der Waals surface area contributed by atoms with Gasteiger partial charge in [0, 0.05) is 11.4 Å². The van der Waals surface area contributed by atoms with Crippen LogP contribution in [0.3, 0.4) is 0 Å². The average molecular weight is 366 g/mol. The number of anilines is 1. The van der Waals surface area contributed by atoms with E-state index in [0.717, 1.165) is 23.3 Å². The third-order valence-corrected chi connectivity index (χ3v) is 7.02. The molecule has 0 bridgehead atoms. The van der Waals surface area contributed by atoms with E-state index in [-0.39, 0.29) is 15.8 Å². The van der Waals surface area contributed by atoms with Gasteiger partial charge in [-0.15, -0.1) is 11.3 Å². The molecule has 0 amide bonds. The first-order chi connectivity index (χ1) is 11.3. The maximum atomic E-state index is 13.1. The molecule has 1 aliphatic rings. The van der Waals surface area contributed by atoms with Crippen LogP contribution in [0.1, 0.15) is 15.2 Å². The molecule has 0 aliphatic carbocycles. The molecule has 1 N–H and O–H groups in total. The molecule has 1 atom stereocenters. The molecule has 0 radical (unpaired) electrons. The minimum Gasteiger partial charge on any atom is -0.477 e. The lowest BCUT2D eigenvalue weighted by Gasteiger charge is -2.37. The summed E-state index contributed by atoms with van der Waals surface area (Å²) >= 11 is 0.921. The lowest BCUT2D eigenvalue weighted by atomic mass is 9.99. The van der Waals surface area contributed by atoms with Crippen molar-refractivity contribution in [1.82, 2.24) is 4.90 Å². The van der Waals surface area contributed by atoms with Gasteiger partial charge in [0.2, 0.25) is 0 Å². The Bertz CT molecular complexity index is 874. The van der Waals surface area contributed by atoms with Crippen molar-refractivity contribution >= 4 is 33.0 Å². The number of sulfonamides is 1. The summed E-state index contributed by atoms with van der Waals surface area (Å²) in [6.45, 7) is 0.338. The van der Waals surface area contributed by atoms with Crippen molar-refractivity contribution in [3.63, 3.8) is 0 Å². The van der Waals surface area contributed by atoms with E-state index in [0.29, 0.717) is 12.2 Å². The molecule has 0 spiro atoms. The van der Waals surface area contributed by atoms with Crippen LogP contribution in [0.4, 0.5) is 5.69 Å². The van der Waals surface area contributed by atoms with E-state index in [4.69, 9.17) is 5.11 Å². The highest BCUT2D eigenvalue weighted by Crippen LogP contribution is 2.34. The summed E-state index contributed by atoms with van der Waals surface area (Å²) in [6.07, 6.45) is 0.777. The zero-order valence-electron chi connectivity index (χ0n) is 13.3. The normalized spacial score (nSPS) is 17.8. The second-order valence-corrected chi connectivity index (χ2v) is 8.71. The summed E-state index contributed by atoms with van der Waals surface area (Å²) in [6, 6.07) is 8.73. The zero-order valence-corrected chi connectivity index (χ0v) is 15.0. The molecule has 0 saturated carbocycles. The Kier molecular flexibility index (Phi) is 4.37. The van der Waals surface area contributed by atoms with E-state index in [9.17, 15) is 13.2 Å². The molecule has 2 aromatic rings. The van der Waals surface area contributed by atoms with Gasteiger partial charge in [0.15, 0.2) is 0 Å². The smallest absolute Gasteiger partial charge is 0.345 e. The van der Waals surface area contributed by atoms with Crippen LogP contribution >= 0.6 is 11.3 Å². The van der Waals surface area contributed by atoms with Crippen LogP contribution in [0, 0.1) is 0 Å². The number of benzene rings is 1. The van der Waals surface area contributed by atoms with E-state index in [1.54, 1.807) is 6.07 Å². The van der Waals surface area contributed by atoms with Gasteiger partial charge >= 0.3 is 5.97 Å². The zero-order chi connectivity index (χ0) is 17.5. The van der Waals surface area contributed by atoms with Crippen molar-refractivity contribution in [2.24, 2.45) is 0 Å². The summed E-state index contributed by atoms with van der Waals surface area (Å²) in [4.78, 5) is 13.1. The second kappa shape index (κ2) is 6.19. The number of nitrogens with zero attached hydrogens (tertiary/aromatic N) is 2. The fourth-order valence-electron chi connectivity index (χ4n) is 2.80. The van der Waals surface area contributed by atoms with Gasteiger partial charge in [-0.3, -0.25) is 4.31 Å². The summed E-state index contributed by atoms with van der Waals surface area (Å²) < 4.78 is 27.5. The fraction of sp³-hybridized carbons (Fsp3) is 0.312. The lowest BCUT2D eigenvalue weighted by Crippen LogP contribution is -2.47. The van der Waals surface area contributed by atoms with E-state index >= 15 is 0 Å². The van der Waals surface area contributed by atoms with Crippen molar-refractivity contribution < 1.29 is 18.3 Å². The SMILES string of the molecule is CN(C)C1Cc2ccccc2N(S(=O)(=O)c2csc(C(=O)O)c2)C1. The van der Waals surface area contributed by atoms with E-state index < -0.39 is 16.0 Å². The second-order valence-electron chi connectivity index (χ2n) is 5.94. The van der Waals surface area contributed by atoms with E-state index in [1.807, 2.05) is 37.2 Å². The molecule has 2 heterocycles. The number of rotatable bonds is 4. The molecule has 1 unspecified atom stereocenters. The Morgan fingerprint density at radius 1 is 1.33 bits per heavy atom. The monoisotopic (exact) mass is 366 g/mol. The first-order valence-corrected chi connectivity index (χ1v) is 9.71. The summed E-state index contributed by atoms with van der Waals surface area (Å²) in [5, 5.41) is 10.4. The molecule has 128 valence electrons. The fourth-order valence-corrected chi connectivity index (χ4v) is 5.44. The minimum absolute atomic E-state index is 0.0167. The maximum absolute atomic E-state index is 13.1. The Morgan fingerprint density at radius 2 is 2.04 bits per heavy atom. The van der Waals surface area contributed by atoms with Crippen molar-refractivity contribution in [2.75, 3.05) is 24.9 Å². The Hall–Kier alpha value is -1.90. The highest BCUT2D eigenvalue weighted by molar-refractivity contribution is 7.93. The van der Waals surface area contributed by atoms with E-state index in [2.05, 4.69) is 0 Å². The van der Waals surface area contributed by atoms with Gasteiger partial charge in [-0.1, -0.05) is 18.2 Å². The van der Waals surface area contributed by atoms with Crippen LogP contribution in [0.5, 0.6) is 0 Å². The van der Waals surface area contributed by atoms with Crippen LogP contribution in [0.2, 0.25) is 0 Å². The van der Waals surface area contributed by atoms with Crippen LogP contribution in [0.15, 0.2) is 40.6 Å². The molecule has 1 aromatic heterocycles. The molecule has 0 fully saturated rings. The summed E-state index contributed by atoms with van der Waals surface area (Å²) in [5.74, 6) is -1.12. The maximum Gasteiger partial charge on any atom is 0.345 e. The molecular weight excluding hydrogens is 348 g/mol. The molecular formula is C16H18N2O4S2. The average Bonchev–Trinajstić information content (AvgIpc) is 3.04. The third kappa shape index (κ3) is 2.92. The standard InChI is InChI=1S/C16H18N2O4S2/c1-17(2)12-7-11-5-3-4-6-14(11)18(9-12)24(21,22)13-8-15(16(19)20)23-10-13/h3-6,8,10,12H,7,9H2,1-2H3,(H,19,20). The molecule has 3 rings (SSSR count). The van der Waals surface area contributed by atoms with Gasteiger partial charge in [-0.25, -0.2) is 13.2 Å². The van der Waals surface area contributed by atoms with E-state index in [1.165, 1.54) is 15.8 Å². The van der Waals surface area contributed by atoms with Crippen molar-refractivity contribution in [1.29, 1.82) is 0 Å². The number of para-hydroxylation sites is 1. The van der Waals surface area contributed by atoms with Gasteiger partial charge in [0.05, 0.1) is 17.1 Å². The molecule has 6 nitrogen and oxygen atoms in total. The Morgan fingerprint density at radius 3 is 2.67 bits per heavy atom. The largest absolute Gasteiger partial charge is 0.477 e. The summed E-state index contributed by atoms with van der Waals surface area (Å²) in [5.41, 5.74) is 1.64. The van der Waals surface area contributed by atoms with Crippen LogP contribution in [0.25, 0.3) is 0 Å². The Labute approximate surface area is 145 Å². The number of likely N-dealkylation sites (N-methyl/N-ethyl adjacent to an activating group) is 1. The van der Waals surface area contributed by atoms with Crippen molar-refractivity contribution in [3.8, 4) is 0 Å². The van der Waals surface area contributed by atoms with Crippen LogP contribution in [-0.2, 0) is 16.4 Å². The van der Waals surface area contributed by atoms with Gasteiger partial charge < -0.3 is 10.0 Å². The number of carboxylic acids is 1. The number of aromatic carboxylic acids is 1. The topological polar surface area (TPSA) is 77.9 Å².